The molecule has 1 aromatic carbocycles. The summed E-state index contributed by atoms with van der Waals surface area (Å²) in [4.78, 5) is 18.4. The van der Waals surface area contributed by atoms with E-state index in [0.717, 1.165) is 25.3 Å². The van der Waals surface area contributed by atoms with Crippen LogP contribution in [0.1, 0.15) is 27.0 Å². The minimum atomic E-state index is -0.444. The number of esters is 1. The van der Waals surface area contributed by atoms with Gasteiger partial charge in [-0.1, -0.05) is 23.8 Å². The second kappa shape index (κ2) is 6.28. The van der Waals surface area contributed by atoms with Gasteiger partial charge >= 0.3 is 5.97 Å². The lowest BCUT2D eigenvalue weighted by molar-refractivity contribution is 0.0596. The number of rotatable bonds is 3. The Morgan fingerprint density at radius 2 is 2.00 bits per heavy atom. The third-order valence-corrected chi connectivity index (χ3v) is 4.14. The third kappa shape index (κ3) is 2.99. The summed E-state index contributed by atoms with van der Waals surface area (Å²) >= 11 is 0. The maximum Gasteiger partial charge on any atom is 0.343 e. The highest BCUT2D eigenvalue weighted by Crippen LogP contribution is 2.27. The molecule has 23 heavy (non-hydrogen) atoms. The Bertz CT molecular complexity index is 743. The lowest BCUT2D eigenvalue weighted by Gasteiger charge is -2.30. The lowest BCUT2D eigenvalue weighted by atomic mass is 9.98. The molecule has 0 radical (unpaired) electrons. The summed E-state index contributed by atoms with van der Waals surface area (Å²) in [7, 11) is 2.85. The summed E-state index contributed by atoms with van der Waals surface area (Å²) < 4.78 is 10.00. The van der Waals surface area contributed by atoms with E-state index in [4.69, 9.17) is 9.47 Å². The molecule has 5 nitrogen and oxygen atoms in total. The van der Waals surface area contributed by atoms with Crippen LogP contribution in [0.25, 0.3) is 0 Å². The van der Waals surface area contributed by atoms with Crippen molar-refractivity contribution in [3.05, 3.63) is 52.6 Å². The van der Waals surface area contributed by atoms with Crippen LogP contribution in [-0.2, 0) is 17.7 Å². The van der Waals surface area contributed by atoms with Gasteiger partial charge in [0.1, 0.15) is 11.4 Å². The van der Waals surface area contributed by atoms with Gasteiger partial charge in [-0.05, 0) is 36.6 Å². The number of fused-ring (bicyclic) bond motifs is 1. The maximum atomic E-state index is 11.7. The number of ether oxygens (including phenoxy) is 2. The number of carbonyl (C=O) groups excluding carboxylic acids is 1. The Labute approximate surface area is 135 Å². The monoisotopic (exact) mass is 312 g/mol. The quantitative estimate of drug-likeness (QED) is 0.816. The highest BCUT2D eigenvalue weighted by atomic mass is 16.5. The molecule has 0 bridgehead atoms. The maximum absolute atomic E-state index is 11.7. The van der Waals surface area contributed by atoms with E-state index in [1.807, 2.05) is 6.07 Å². The van der Waals surface area contributed by atoms with Crippen LogP contribution in [0.15, 0.2) is 30.3 Å². The third-order valence-electron chi connectivity index (χ3n) is 4.14. The molecule has 0 unspecified atom stereocenters. The molecule has 120 valence electrons. The molecule has 0 fully saturated rings. The molecule has 5 heteroatoms. The number of hydrogen-bond acceptors (Lipinski definition) is 5. The van der Waals surface area contributed by atoms with Crippen LogP contribution in [0.5, 0.6) is 5.88 Å². The highest BCUT2D eigenvalue weighted by molar-refractivity contribution is 5.92. The van der Waals surface area contributed by atoms with Gasteiger partial charge in [-0.25, -0.2) is 4.79 Å². The molecule has 0 saturated heterocycles. The van der Waals surface area contributed by atoms with Gasteiger partial charge < -0.3 is 14.4 Å². The van der Waals surface area contributed by atoms with Gasteiger partial charge in [-0.15, -0.1) is 0 Å². The normalized spacial score (nSPS) is 13.4. The molecule has 0 amide bonds. The van der Waals surface area contributed by atoms with Crippen LogP contribution in [0.3, 0.4) is 0 Å². The van der Waals surface area contributed by atoms with Crippen LogP contribution in [-0.4, -0.2) is 31.7 Å². The first kappa shape index (κ1) is 15.3. The van der Waals surface area contributed by atoms with Gasteiger partial charge in [0.25, 0.3) is 0 Å². The van der Waals surface area contributed by atoms with E-state index in [-0.39, 0.29) is 0 Å². The number of nitrogens with zero attached hydrogens (tertiary/aromatic N) is 2. The van der Waals surface area contributed by atoms with Crippen LogP contribution in [0.4, 0.5) is 5.82 Å². The first-order chi connectivity index (χ1) is 11.1. The summed E-state index contributed by atoms with van der Waals surface area (Å²) in [6.45, 7) is 3.82. The standard InChI is InChI=1S/C18H20N2O3/c1-12-4-5-14-11-20(9-8-13(14)10-12)16-7-6-15(18(21)23-3)17(19-16)22-2/h4-7,10H,8-9,11H2,1-3H3. The fraction of sp³-hybridized carbons (Fsp3) is 0.333. The van der Waals surface area contributed by atoms with Crippen LogP contribution >= 0.6 is 0 Å². The van der Waals surface area contributed by atoms with Gasteiger partial charge in [0, 0.05) is 13.1 Å². The molecule has 0 aliphatic carbocycles. The molecule has 0 saturated carbocycles. The molecular weight excluding hydrogens is 292 g/mol. The van der Waals surface area contributed by atoms with E-state index < -0.39 is 5.97 Å². The molecule has 0 N–H and O–H groups in total. The Kier molecular flexibility index (Phi) is 4.19. The Hall–Kier alpha value is -2.56. The highest BCUT2D eigenvalue weighted by Gasteiger charge is 2.20. The van der Waals surface area contributed by atoms with Crippen molar-refractivity contribution >= 4 is 11.8 Å². The number of carbonyl (C=O) groups is 1. The Balaban J connectivity index is 1.88. The lowest BCUT2D eigenvalue weighted by Crippen LogP contribution is -2.31. The van der Waals surface area contributed by atoms with Gasteiger partial charge in [-0.3, -0.25) is 0 Å². The smallest absolute Gasteiger partial charge is 0.343 e. The molecule has 3 rings (SSSR count). The first-order valence-corrected chi connectivity index (χ1v) is 7.59. The number of hydrogen-bond donors (Lipinski definition) is 0. The summed E-state index contributed by atoms with van der Waals surface area (Å²) in [5.41, 5.74) is 4.35. The van der Waals surface area contributed by atoms with Crippen LogP contribution in [0.2, 0.25) is 0 Å². The zero-order valence-corrected chi connectivity index (χ0v) is 13.6. The first-order valence-electron chi connectivity index (χ1n) is 7.59. The number of aryl methyl sites for hydroxylation is 1. The topological polar surface area (TPSA) is 51.7 Å². The predicted molar refractivity (Wildman–Crippen MR) is 88.1 cm³/mol. The van der Waals surface area contributed by atoms with Crippen LogP contribution in [0, 0.1) is 6.92 Å². The average molecular weight is 312 g/mol. The molecule has 1 aliphatic heterocycles. The zero-order chi connectivity index (χ0) is 16.4. The molecule has 0 spiro atoms. The molecule has 2 aromatic rings. The fourth-order valence-electron chi connectivity index (χ4n) is 2.91. The van der Waals surface area contributed by atoms with E-state index in [0.29, 0.717) is 11.4 Å². The van der Waals surface area contributed by atoms with Gasteiger partial charge in [0.2, 0.25) is 5.88 Å². The van der Waals surface area contributed by atoms with Gasteiger partial charge in [-0.2, -0.15) is 4.98 Å². The van der Waals surface area contributed by atoms with Crippen molar-refractivity contribution in [2.75, 3.05) is 25.7 Å². The second-order valence-electron chi connectivity index (χ2n) is 5.66. The number of methoxy groups -OCH3 is 2. The van der Waals surface area contributed by atoms with Crippen molar-refractivity contribution in [3.8, 4) is 5.88 Å². The van der Waals surface area contributed by atoms with Gasteiger partial charge in [0.15, 0.2) is 0 Å². The SMILES string of the molecule is COC(=O)c1ccc(N2CCc3cc(C)ccc3C2)nc1OC. The minimum Gasteiger partial charge on any atom is -0.480 e. The van der Waals surface area contributed by atoms with Crippen LogP contribution < -0.4 is 9.64 Å². The number of aromatic nitrogens is 1. The van der Waals surface area contributed by atoms with E-state index in [9.17, 15) is 4.79 Å². The number of benzene rings is 1. The summed E-state index contributed by atoms with van der Waals surface area (Å²) in [5.74, 6) is 0.658. The van der Waals surface area contributed by atoms with E-state index in [1.54, 1.807) is 6.07 Å². The van der Waals surface area contributed by atoms with Crippen molar-refractivity contribution in [1.82, 2.24) is 4.98 Å². The Morgan fingerprint density at radius 3 is 2.74 bits per heavy atom. The second-order valence-corrected chi connectivity index (χ2v) is 5.66. The average Bonchev–Trinajstić information content (AvgIpc) is 2.60. The van der Waals surface area contributed by atoms with Crippen molar-refractivity contribution in [2.24, 2.45) is 0 Å². The summed E-state index contributed by atoms with van der Waals surface area (Å²) in [6, 6.07) is 10.1. The molecule has 2 heterocycles. The minimum absolute atomic E-state index is 0.295. The van der Waals surface area contributed by atoms with Gasteiger partial charge in [0.05, 0.1) is 14.2 Å². The molecule has 0 atom stereocenters. The van der Waals surface area contributed by atoms with Crippen molar-refractivity contribution < 1.29 is 14.3 Å². The van der Waals surface area contributed by atoms with Crippen molar-refractivity contribution in [1.29, 1.82) is 0 Å². The largest absolute Gasteiger partial charge is 0.480 e. The molecule has 1 aliphatic rings. The van der Waals surface area contributed by atoms with Crippen molar-refractivity contribution in [2.45, 2.75) is 19.9 Å². The van der Waals surface area contributed by atoms with E-state index in [2.05, 4.69) is 35.0 Å². The number of anilines is 1. The van der Waals surface area contributed by atoms with E-state index >= 15 is 0 Å². The summed E-state index contributed by atoms with van der Waals surface area (Å²) in [6.07, 6.45) is 0.986. The zero-order valence-electron chi connectivity index (χ0n) is 13.6. The Morgan fingerprint density at radius 1 is 1.17 bits per heavy atom. The van der Waals surface area contributed by atoms with Crippen molar-refractivity contribution in [3.63, 3.8) is 0 Å². The number of pyridine rings is 1. The summed E-state index contributed by atoms with van der Waals surface area (Å²) in [5, 5.41) is 0. The van der Waals surface area contributed by atoms with E-state index in [1.165, 1.54) is 30.9 Å². The molecule has 1 aromatic heterocycles. The molecular formula is C18H20N2O3. The predicted octanol–water partition coefficient (Wildman–Crippen LogP) is 2.75. The fourth-order valence-corrected chi connectivity index (χ4v) is 2.91.